The molecule has 0 radical (unpaired) electrons. The normalized spacial score (nSPS) is 10.8. The van der Waals surface area contributed by atoms with Gasteiger partial charge in [0, 0.05) is 13.7 Å². The molecule has 30 heavy (non-hydrogen) atoms. The molecule has 1 aromatic heterocycles. The van der Waals surface area contributed by atoms with E-state index in [9.17, 15) is 14.4 Å². The number of carbonyl (C=O) groups is 1. The molecule has 0 aliphatic heterocycles. The van der Waals surface area contributed by atoms with Gasteiger partial charge in [-0.15, -0.1) is 0 Å². The minimum Gasteiger partial charge on any atom is -0.383 e. The van der Waals surface area contributed by atoms with Gasteiger partial charge in [0.15, 0.2) is 0 Å². The highest BCUT2D eigenvalue weighted by Crippen LogP contribution is 2.09. The Kier molecular flexibility index (Phi) is 6.58. The lowest BCUT2D eigenvalue weighted by Crippen LogP contribution is -2.46. The number of benzene rings is 2. The van der Waals surface area contributed by atoms with Gasteiger partial charge in [0.05, 0.1) is 18.8 Å². The number of nitrogens with one attached hydrogen (secondary N) is 1. The van der Waals surface area contributed by atoms with E-state index in [1.165, 1.54) is 7.11 Å². The Morgan fingerprint density at radius 1 is 1.07 bits per heavy atom. The monoisotopic (exact) mass is 408 g/mol. The third-order valence-electron chi connectivity index (χ3n) is 4.73. The number of amides is 1. The molecule has 3 aromatic rings. The second-order valence-corrected chi connectivity index (χ2v) is 6.95. The Bertz CT molecular complexity index is 1160. The van der Waals surface area contributed by atoms with E-state index in [0.717, 1.165) is 25.9 Å². The molecule has 1 amide bonds. The van der Waals surface area contributed by atoms with Crippen LogP contribution in [0.2, 0.25) is 0 Å². The second-order valence-electron chi connectivity index (χ2n) is 6.95. The topological polar surface area (TPSA) is 95.2 Å². The average molecular weight is 408 g/mol. The van der Waals surface area contributed by atoms with Crippen LogP contribution in [0.15, 0.2) is 58.1 Å². The van der Waals surface area contributed by atoms with Gasteiger partial charge in [0.2, 0.25) is 5.69 Å². The van der Waals surface area contributed by atoms with Gasteiger partial charge in [-0.1, -0.05) is 42.0 Å². The summed E-state index contributed by atoms with van der Waals surface area (Å²) in [6.07, 6.45) is 0. The minimum atomic E-state index is -0.735. The summed E-state index contributed by atoms with van der Waals surface area (Å²) in [5.41, 5.74) is 1.53. The number of aryl methyl sites for hydroxylation is 2. The Morgan fingerprint density at radius 2 is 1.77 bits per heavy atom. The Hall–Kier alpha value is -3.52. The van der Waals surface area contributed by atoms with E-state index < -0.39 is 17.2 Å². The maximum Gasteiger partial charge on any atom is 0.352 e. The molecule has 1 N–H and O–H groups in total. The van der Waals surface area contributed by atoms with Crippen molar-refractivity contribution in [2.24, 2.45) is 0 Å². The zero-order valence-corrected chi connectivity index (χ0v) is 17.2. The van der Waals surface area contributed by atoms with E-state index in [1.54, 1.807) is 12.1 Å². The van der Waals surface area contributed by atoms with E-state index in [0.29, 0.717) is 12.3 Å². The third kappa shape index (κ3) is 4.55. The van der Waals surface area contributed by atoms with Gasteiger partial charge < -0.3 is 10.1 Å². The average Bonchev–Trinajstić information content (AvgIpc) is 2.73. The molecule has 8 nitrogen and oxygen atoms in total. The zero-order valence-electron chi connectivity index (χ0n) is 17.2. The molecule has 2 aromatic carbocycles. The first-order valence-electron chi connectivity index (χ1n) is 9.55. The molecule has 0 saturated heterocycles. The summed E-state index contributed by atoms with van der Waals surface area (Å²) in [6.45, 7) is 4.38. The largest absolute Gasteiger partial charge is 0.383 e. The van der Waals surface area contributed by atoms with E-state index in [1.807, 2.05) is 50.2 Å². The van der Waals surface area contributed by atoms with Gasteiger partial charge in [-0.3, -0.25) is 14.2 Å². The van der Waals surface area contributed by atoms with Crippen LogP contribution in [0.1, 0.15) is 27.2 Å². The SMILES string of the molecule is COCCNC(=O)c1nn(-c2ccc(C)cc2)c(=O)n(Cc2ccccc2C)c1=O. The molecule has 156 valence electrons. The van der Waals surface area contributed by atoms with Gasteiger partial charge in [-0.25, -0.2) is 4.79 Å². The van der Waals surface area contributed by atoms with Gasteiger partial charge in [0.1, 0.15) is 0 Å². The molecule has 0 bridgehead atoms. The number of nitrogens with zero attached hydrogens (tertiary/aromatic N) is 3. The first-order chi connectivity index (χ1) is 14.4. The number of methoxy groups -OCH3 is 1. The van der Waals surface area contributed by atoms with Gasteiger partial charge in [0.25, 0.3) is 11.5 Å². The molecular weight excluding hydrogens is 384 g/mol. The van der Waals surface area contributed by atoms with Crippen LogP contribution in [0.25, 0.3) is 5.69 Å². The molecule has 1 heterocycles. The van der Waals surface area contributed by atoms with Crippen LogP contribution in [-0.4, -0.2) is 40.5 Å². The fourth-order valence-electron chi connectivity index (χ4n) is 2.96. The van der Waals surface area contributed by atoms with Crippen molar-refractivity contribution >= 4 is 5.91 Å². The lowest BCUT2D eigenvalue weighted by Gasteiger charge is -2.13. The first kappa shape index (κ1) is 21.2. The van der Waals surface area contributed by atoms with Gasteiger partial charge >= 0.3 is 5.69 Å². The summed E-state index contributed by atoms with van der Waals surface area (Å²) in [7, 11) is 1.51. The predicted octanol–water partition coefficient (Wildman–Crippen LogP) is 1.44. The number of hydrogen-bond donors (Lipinski definition) is 1. The van der Waals surface area contributed by atoms with E-state index in [-0.39, 0.29) is 18.8 Å². The Balaban J connectivity index is 2.15. The number of carbonyl (C=O) groups excluding carboxylic acids is 1. The molecule has 0 aliphatic rings. The van der Waals surface area contributed by atoms with Crippen molar-refractivity contribution in [3.8, 4) is 5.69 Å². The smallest absolute Gasteiger partial charge is 0.352 e. The summed E-state index contributed by atoms with van der Waals surface area (Å²) >= 11 is 0. The quantitative estimate of drug-likeness (QED) is 0.597. The van der Waals surface area contributed by atoms with E-state index in [4.69, 9.17) is 4.74 Å². The number of rotatable bonds is 7. The maximum atomic E-state index is 13.1. The van der Waals surface area contributed by atoms with E-state index >= 15 is 0 Å². The molecule has 0 atom stereocenters. The zero-order chi connectivity index (χ0) is 21.7. The Labute approximate surface area is 173 Å². The lowest BCUT2D eigenvalue weighted by molar-refractivity contribution is 0.0927. The third-order valence-corrected chi connectivity index (χ3v) is 4.73. The van der Waals surface area contributed by atoms with Crippen molar-refractivity contribution in [3.05, 3.63) is 91.8 Å². The molecule has 3 rings (SSSR count). The molecular formula is C22H24N4O4. The standard InChI is InChI=1S/C22H24N4O4/c1-15-8-10-18(11-9-15)26-22(29)25(14-17-7-5-4-6-16(17)2)21(28)19(24-26)20(27)23-12-13-30-3/h4-11H,12-14H2,1-3H3,(H,23,27). The van der Waals surface area contributed by atoms with Crippen molar-refractivity contribution in [2.45, 2.75) is 20.4 Å². The number of hydrogen-bond acceptors (Lipinski definition) is 5. The van der Waals surface area contributed by atoms with Crippen LogP contribution in [0.4, 0.5) is 0 Å². The van der Waals surface area contributed by atoms with Crippen molar-refractivity contribution in [1.82, 2.24) is 19.7 Å². The summed E-state index contributed by atoms with van der Waals surface area (Å²) in [5.74, 6) is -0.656. The molecule has 0 saturated carbocycles. The second kappa shape index (κ2) is 9.32. The van der Waals surface area contributed by atoms with Crippen LogP contribution in [0, 0.1) is 13.8 Å². The van der Waals surface area contributed by atoms with Crippen LogP contribution in [0.3, 0.4) is 0 Å². The molecule has 0 unspecified atom stereocenters. The molecule has 0 fully saturated rings. The fourth-order valence-corrected chi connectivity index (χ4v) is 2.96. The predicted molar refractivity (Wildman–Crippen MR) is 113 cm³/mol. The van der Waals surface area contributed by atoms with Gasteiger partial charge in [-0.05, 0) is 37.1 Å². The number of ether oxygens (including phenoxy) is 1. The minimum absolute atomic E-state index is 0.0388. The summed E-state index contributed by atoms with van der Waals surface area (Å²) in [4.78, 5) is 38.8. The molecule has 0 aliphatic carbocycles. The van der Waals surface area contributed by atoms with Crippen LogP contribution >= 0.6 is 0 Å². The Morgan fingerprint density at radius 3 is 2.43 bits per heavy atom. The van der Waals surface area contributed by atoms with Crippen LogP contribution < -0.4 is 16.6 Å². The van der Waals surface area contributed by atoms with E-state index in [2.05, 4.69) is 10.4 Å². The number of aromatic nitrogens is 3. The van der Waals surface area contributed by atoms with Crippen molar-refractivity contribution < 1.29 is 9.53 Å². The van der Waals surface area contributed by atoms with Crippen molar-refractivity contribution in [2.75, 3.05) is 20.3 Å². The molecule has 0 spiro atoms. The highest BCUT2D eigenvalue weighted by molar-refractivity contribution is 5.91. The molecule has 8 heteroatoms. The highest BCUT2D eigenvalue weighted by Gasteiger charge is 2.20. The highest BCUT2D eigenvalue weighted by atomic mass is 16.5. The van der Waals surface area contributed by atoms with Gasteiger partial charge in [-0.2, -0.15) is 9.78 Å². The van der Waals surface area contributed by atoms with Crippen LogP contribution in [-0.2, 0) is 11.3 Å². The first-order valence-corrected chi connectivity index (χ1v) is 9.55. The summed E-state index contributed by atoms with van der Waals surface area (Å²) in [5, 5.41) is 6.69. The fraction of sp³-hybridized carbons (Fsp3) is 0.273. The maximum absolute atomic E-state index is 13.1. The van der Waals surface area contributed by atoms with Crippen LogP contribution in [0.5, 0.6) is 0 Å². The summed E-state index contributed by atoms with van der Waals surface area (Å²) < 4.78 is 7.05. The summed E-state index contributed by atoms with van der Waals surface area (Å²) in [6, 6.07) is 14.6. The lowest BCUT2D eigenvalue weighted by atomic mass is 10.1. The van der Waals surface area contributed by atoms with Crippen molar-refractivity contribution in [1.29, 1.82) is 0 Å². The van der Waals surface area contributed by atoms with Crippen molar-refractivity contribution in [3.63, 3.8) is 0 Å².